The molecule has 4 aromatic rings. The van der Waals surface area contributed by atoms with Crippen molar-refractivity contribution in [2.75, 3.05) is 0 Å². The van der Waals surface area contributed by atoms with E-state index in [1.165, 1.54) is 5.56 Å². The first-order valence-electron chi connectivity index (χ1n) is 11.1. The number of aromatic hydroxyl groups is 4. The van der Waals surface area contributed by atoms with Crippen LogP contribution in [0.15, 0.2) is 78.9 Å². The molecule has 4 aromatic carbocycles. The van der Waals surface area contributed by atoms with Crippen LogP contribution in [0.25, 0.3) is 0 Å². The molecule has 0 saturated heterocycles. The smallest absolute Gasteiger partial charge is 0.134 e. The number of hydrogen-bond acceptors (Lipinski definition) is 4. The topological polar surface area (TPSA) is 80.9 Å². The van der Waals surface area contributed by atoms with Gasteiger partial charge < -0.3 is 20.4 Å². The third-order valence-electron chi connectivity index (χ3n) is 5.01. The van der Waals surface area contributed by atoms with Crippen LogP contribution in [-0.2, 0) is 0 Å². The van der Waals surface area contributed by atoms with Gasteiger partial charge in [0.2, 0.25) is 0 Å². The van der Waals surface area contributed by atoms with Crippen molar-refractivity contribution in [3.8, 4) is 23.0 Å². The van der Waals surface area contributed by atoms with E-state index in [1.54, 1.807) is 36.4 Å². The van der Waals surface area contributed by atoms with E-state index in [0.717, 1.165) is 27.8 Å². The Labute approximate surface area is 213 Å². The van der Waals surface area contributed by atoms with E-state index in [9.17, 15) is 5.11 Å². The Balaban J connectivity index is 0.000000234. The summed E-state index contributed by atoms with van der Waals surface area (Å²) >= 11 is 5.46. The van der Waals surface area contributed by atoms with Crippen molar-refractivity contribution in [3.63, 3.8) is 0 Å². The monoisotopic (exact) mass is 494 g/mol. The summed E-state index contributed by atoms with van der Waals surface area (Å²) in [6.07, 6.45) is 0. The molecule has 0 fully saturated rings. The molecule has 0 amide bonds. The van der Waals surface area contributed by atoms with Gasteiger partial charge in [-0.25, -0.2) is 0 Å². The molecule has 5 heteroatoms. The maximum Gasteiger partial charge on any atom is 0.134 e. The molecule has 0 aliphatic carbocycles. The quantitative estimate of drug-likeness (QED) is 0.199. The van der Waals surface area contributed by atoms with Crippen LogP contribution in [-0.4, -0.2) is 20.4 Å². The van der Waals surface area contributed by atoms with Crippen molar-refractivity contribution in [2.45, 2.75) is 41.5 Å². The van der Waals surface area contributed by atoms with Gasteiger partial charge in [-0.3, -0.25) is 0 Å². The molecule has 0 atom stereocenters. The van der Waals surface area contributed by atoms with Gasteiger partial charge in [-0.1, -0.05) is 71.8 Å². The first-order valence-corrected chi connectivity index (χ1v) is 11.5. The van der Waals surface area contributed by atoms with E-state index in [4.69, 9.17) is 26.9 Å². The number of hydrogen-bond donors (Lipinski definition) is 4. The predicted molar refractivity (Wildman–Crippen MR) is 146 cm³/mol. The van der Waals surface area contributed by atoms with Crippen molar-refractivity contribution in [2.24, 2.45) is 0 Å². The molecular formula is C30H35ClO4. The fraction of sp³-hybridized carbons (Fsp3) is 0.200. The maximum atomic E-state index is 9.21. The average Bonchev–Trinajstić information content (AvgIpc) is 2.81. The lowest BCUT2D eigenvalue weighted by atomic mass is 10.1. The number of aryl methyl sites for hydroxylation is 6. The molecule has 0 saturated carbocycles. The predicted octanol–water partition coefficient (Wildman–Crippen LogP) is 8.07. The molecule has 0 unspecified atom stereocenters. The number of rotatable bonds is 0. The molecule has 0 aromatic heterocycles. The second-order valence-electron chi connectivity index (χ2n) is 8.27. The number of phenolic OH excluding ortho intramolecular Hbond substituents is 4. The number of phenols is 4. The number of benzene rings is 4. The Bertz CT molecular complexity index is 1130. The van der Waals surface area contributed by atoms with Crippen LogP contribution in [0.2, 0.25) is 5.02 Å². The highest BCUT2D eigenvalue weighted by molar-refractivity contribution is 6.31. The van der Waals surface area contributed by atoms with Crippen LogP contribution >= 0.6 is 11.6 Å². The largest absolute Gasteiger partial charge is 0.508 e. The second kappa shape index (κ2) is 14.6. The van der Waals surface area contributed by atoms with Gasteiger partial charge in [0.15, 0.2) is 0 Å². The SMILES string of the molecule is Cc1ccc(C)c(O)c1.Cc1ccc(O)c(C)c1.Cc1cccc(C)c1O.Oc1ccccc1Cl. The van der Waals surface area contributed by atoms with Gasteiger partial charge in [0, 0.05) is 0 Å². The Morgan fingerprint density at radius 2 is 1.00 bits per heavy atom. The van der Waals surface area contributed by atoms with Crippen molar-refractivity contribution in [1.82, 2.24) is 0 Å². The van der Waals surface area contributed by atoms with E-state index in [0.29, 0.717) is 22.3 Å². The van der Waals surface area contributed by atoms with E-state index in [-0.39, 0.29) is 5.75 Å². The fourth-order valence-corrected chi connectivity index (χ4v) is 2.92. The third-order valence-corrected chi connectivity index (χ3v) is 5.33. The number of para-hydroxylation sites is 2. The summed E-state index contributed by atoms with van der Waals surface area (Å²) in [5.41, 5.74) is 6.03. The van der Waals surface area contributed by atoms with Crippen LogP contribution in [0.5, 0.6) is 23.0 Å². The number of halogens is 1. The van der Waals surface area contributed by atoms with E-state index in [2.05, 4.69) is 0 Å². The summed E-state index contributed by atoms with van der Waals surface area (Å²) in [6.45, 7) is 11.5. The molecule has 186 valence electrons. The minimum absolute atomic E-state index is 0.133. The summed E-state index contributed by atoms with van der Waals surface area (Å²) in [6, 6.07) is 23.6. The van der Waals surface area contributed by atoms with Gasteiger partial charge >= 0.3 is 0 Å². The van der Waals surface area contributed by atoms with Gasteiger partial charge in [-0.2, -0.15) is 0 Å². The third kappa shape index (κ3) is 10.9. The molecule has 0 aliphatic heterocycles. The maximum absolute atomic E-state index is 9.21. The summed E-state index contributed by atoms with van der Waals surface area (Å²) in [7, 11) is 0. The Morgan fingerprint density at radius 3 is 1.40 bits per heavy atom. The van der Waals surface area contributed by atoms with Crippen molar-refractivity contribution in [1.29, 1.82) is 0 Å². The minimum atomic E-state index is 0.133. The molecule has 4 N–H and O–H groups in total. The Hall–Kier alpha value is -3.63. The van der Waals surface area contributed by atoms with Crippen LogP contribution < -0.4 is 0 Å². The Morgan fingerprint density at radius 1 is 0.457 bits per heavy atom. The summed E-state index contributed by atoms with van der Waals surface area (Å²) < 4.78 is 0. The van der Waals surface area contributed by atoms with Crippen molar-refractivity contribution in [3.05, 3.63) is 117 Å². The average molecular weight is 495 g/mol. The lowest BCUT2D eigenvalue weighted by Gasteiger charge is -1.99. The van der Waals surface area contributed by atoms with Gasteiger partial charge in [-0.05, 0) is 93.6 Å². The van der Waals surface area contributed by atoms with E-state index in [1.807, 2.05) is 84.0 Å². The van der Waals surface area contributed by atoms with Gasteiger partial charge in [0.05, 0.1) is 5.02 Å². The first kappa shape index (κ1) is 29.4. The molecule has 0 bridgehead atoms. The molecule has 4 rings (SSSR count). The second-order valence-corrected chi connectivity index (χ2v) is 8.68. The molecular weight excluding hydrogens is 460 g/mol. The highest BCUT2D eigenvalue weighted by atomic mass is 35.5. The van der Waals surface area contributed by atoms with Crippen molar-refractivity contribution >= 4 is 11.6 Å². The van der Waals surface area contributed by atoms with E-state index < -0.39 is 0 Å². The highest BCUT2D eigenvalue weighted by Crippen LogP contribution is 2.21. The minimum Gasteiger partial charge on any atom is -0.508 e. The van der Waals surface area contributed by atoms with Crippen LogP contribution in [0.1, 0.15) is 33.4 Å². The molecule has 35 heavy (non-hydrogen) atoms. The Kier molecular flexibility index (Phi) is 12.3. The standard InChI is InChI=1S/3C8H10O.C6H5ClO/c1-6-3-4-8(9)7(2)5-6;1-6-3-4-7(2)8(9)5-6;1-6-4-3-5-7(2)8(6)9;7-5-3-1-2-4-6(5)8/h3*3-5,9H,1-2H3;1-4,8H. The zero-order valence-corrected chi connectivity index (χ0v) is 21.9. The molecule has 4 nitrogen and oxygen atoms in total. The summed E-state index contributed by atoms with van der Waals surface area (Å²) in [4.78, 5) is 0. The van der Waals surface area contributed by atoms with Gasteiger partial charge in [0.25, 0.3) is 0 Å². The van der Waals surface area contributed by atoms with Gasteiger partial charge in [0.1, 0.15) is 23.0 Å². The highest BCUT2D eigenvalue weighted by Gasteiger charge is 1.95. The van der Waals surface area contributed by atoms with Crippen LogP contribution in [0.3, 0.4) is 0 Å². The molecule has 0 spiro atoms. The molecule has 0 aliphatic rings. The zero-order valence-electron chi connectivity index (χ0n) is 21.2. The summed E-state index contributed by atoms with van der Waals surface area (Å²) in [5, 5.41) is 36.5. The van der Waals surface area contributed by atoms with Crippen LogP contribution in [0, 0.1) is 41.5 Å². The molecule has 0 radical (unpaired) electrons. The summed E-state index contributed by atoms with van der Waals surface area (Å²) in [5.74, 6) is 1.31. The molecule has 0 heterocycles. The lowest BCUT2D eigenvalue weighted by Crippen LogP contribution is -1.76. The van der Waals surface area contributed by atoms with Crippen molar-refractivity contribution < 1.29 is 20.4 Å². The lowest BCUT2D eigenvalue weighted by molar-refractivity contribution is 0.467. The van der Waals surface area contributed by atoms with Gasteiger partial charge in [-0.15, -0.1) is 0 Å². The normalized spacial score (nSPS) is 9.46. The first-order chi connectivity index (χ1) is 16.4. The zero-order chi connectivity index (χ0) is 26.5. The van der Waals surface area contributed by atoms with E-state index >= 15 is 0 Å². The fourth-order valence-electron chi connectivity index (χ4n) is 2.78. The van der Waals surface area contributed by atoms with Crippen LogP contribution in [0.4, 0.5) is 0 Å².